The zero-order valence-corrected chi connectivity index (χ0v) is 33.5. The summed E-state index contributed by atoms with van der Waals surface area (Å²) >= 11 is 0. The van der Waals surface area contributed by atoms with Gasteiger partial charge in [0.1, 0.15) is 0 Å². The van der Waals surface area contributed by atoms with Crippen molar-refractivity contribution in [2.75, 3.05) is 0 Å². The first kappa shape index (κ1) is 36.2. The maximum absolute atomic E-state index is 5.27. The van der Waals surface area contributed by atoms with Gasteiger partial charge in [0, 0.05) is 116 Å². The standard InChI is InChI=1S/C55H45N5/c1-6-16-41-31-56-51(26-36(41)11-1)46-21-47(52-27-37-12-2-7-17-42(37)32-57-52)23-49(54-29-39-14-4-9-19-44(39)34-59-54)25-50(55-30-40-15-5-10-20-45(40)35-60-55)24-48(22-46)53-28-38-13-3-8-18-43(38)33-58-53/h1-20,26-35,46-50H,21-25H2. The molecule has 0 saturated heterocycles. The Labute approximate surface area is 350 Å². The number of hydrogen-bond acceptors (Lipinski definition) is 5. The molecule has 0 unspecified atom stereocenters. The van der Waals surface area contributed by atoms with E-state index in [0.29, 0.717) is 0 Å². The van der Waals surface area contributed by atoms with Crippen molar-refractivity contribution < 1.29 is 0 Å². The van der Waals surface area contributed by atoms with Crippen LogP contribution in [0.4, 0.5) is 0 Å². The van der Waals surface area contributed by atoms with Gasteiger partial charge in [0.05, 0.1) is 0 Å². The summed E-state index contributed by atoms with van der Waals surface area (Å²) in [5.41, 5.74) is 5.66. The smallest absolute Gasteiger partial charge is 0.0441 e. The fraction of sp³-hybridized carbons (Fsp3) is 0.182. The van der Waals surface area contributed by atoms with Crippen LogP contribution in [0, 0.1) is 0 Å². The molecule has 1 aliphatic carbocycles. The van der Waals surface area contributed by atoms with Gasteiger partial charge in [0.25, 0.3) is 0 Å². The molecule has 11 rings (SSSR count). The second kappa shape index (κ2) is 15.7. The highest BCUT2D eigenvalue weighted by molar-refractivity contribution is 5.85. The van der Waals surface area contributed by atoms with Gasteiger partial charge in [-0.25, -0.2) is 0 Å². The van der Waals surface area contributed by atoms with Crippen molar-refractivity contribution in [3.8, 4) is 0 Å². The van der Waals surface area contributed by atoms with Gasteiger partial charge in [-0.2, -0.15) is 0 Å². The fourth-order valence-electron chi connectivity index (χ4n) is 10.0. The highest BCUT2D eigenvalue weighted by Gasteiger charge is 2.35. The summed E-state index contributed by atoms with van der Waals surface area (Å²) in [6.45, 7) is 0. The molecule has 5 nitrogen and oxygen atoms in total. The molecule has 5 aromatic carbocycles. The molecule has 0 aliphatic heterocycles. The van der Waals surface area contributed by atoms with E-state index >= 15 is 0 Å². The lowest BCUT2D eigenvalue weighted by molar-refractivity contribution is 0.339. The number of hydrogen-bond donors (Lipinski definition) is 0. The van der Waals surface area contributed by atoms with Crippen LogP contribution in [0.3, 0.4) is 0 Å². The van der Waals surface area contributed by atoms with Crippen LogP contribution in [0.25, 0.3) is 53.9 Å². The van der Waals surface area contributed by atoms with Crippen LogP contribution in [0.5, 0.6) is 0 Å². The molecular weight excluding hydrogens is 731 g/mol. The Kier molecular flexibility index (Phi) is 9.50. The Morgan fingerprint density at radius 2 is 0.400 bits per heavy atom. The molecule has 0 bridgehead atoms. The summed E-state index contributed by atoms with van der Waals surface area (Å²) in [6.07, 6.45) is 14.9. The van der Waals surface area contributed by atoms with Crippen molar-refractivity contribution in [2.45, 2.75) is 61.7 Å². The van der Waals surface area contributed by atoms with Crippen LogP contribution < -0.4 is 0 Å². The van der Waals surface area contributed by atoms with Gasteiger partial charge in [-0.05, 0) is 89.4 Å². The van der Waals surface area contributed by atoms with E-state index in [1.165, 1.54) is 26.9 Å². The van der Waals surface area contributed by atoms with Crippen LogP contribution in [-0.2, 0) is 0 Å². The quantitative estimate of drug-likeness (QED) is 0.174. The van der Waals surface area contributed by atoms with E-state index in [9.17, 15) is 0 Å². The first-order valence-corrected chi connectivity index (χ1v) is 21.4. The molecule has 0 atom stereocenters. The lowest BCUT2D eigenvalue weighted by Gasteiger charge is -2.34. The fourth-order valence-corrected chi connectivity index (χ4v) is 10.0. The molecule has 5 heteroatoms. The van der Waals surface area contributed by atoms with Crippen LogP contribution in [-0.4, -0.2) is 24.9 Å². The van der Waals surface area contributed by atoms with Gasteiger partial charge in [-0.3, -0.25) is 24.9 Å². The Morgan fingerprint density at radius 3 is 0.583 bits per heavy atom. The van der Waals surface area contributed by atoms with E-state index in [2.05, 4.69) is 183 Å². The molecule has 60 heavy (non-hydrogen) atoms. The van der Waals surface area contributed by atoms with E-state index in [1.807, 2.05) is 0 Å². The number of nitrogens with zero attached hydrogens (tertiary/aromatic N) is 5. The van der Waals surface area contributed by atoms with Crippen molar-refractivity contribution in [1.82, 2.24) is 24.9 Å². The van der Waals surface area contributed by atoms with Crippen molar-refractivity contribution in [3.63, 3.8) is 0 Å². The van der Waals surface area contributed by atoms with Gasteiger partial charge in [0.2, 0.25) is 0 Å². The third-order valence-corrected chi connectivity index (χ3v) is 13.2. The Balaban J connectivity index is 1.12. The molecule has 1 aliphatic rings. The molecular formula is C55H45N5. The van der Waals surface area contributed by atoms with Crippen molar-refractivity contribution in [2.24, 2.45) is 0 Å². The molecule has 1 saturated carbocycles. The molecule has 0 N–H and O–H groups in total. The van der Waals surface area contributed by atoms with Crippen LogP contribution in [0.2, 0.25) is 0 Å². The van der Waals surface area contributed by atoms with Crippen LogP contribution in [0.15, 0.2) is 183 Å². The van der Waals surface area contributed by atoms with E-state index < -0.39 is 0 Å². The molecule has 5 aromatic heterocycles. The molecule has 0 spiro atoms. The van der Waals surface area contributed by atoms with Gasteiger partial charge >= 0.3 is 0 Å². The number of aromatic nitrogens is 5. The summed E-state index contributed by atoms with van der Waals surface area (Å²) in [5.74, 6) is 0.693. The zero-order valence-electron chi connectivity index (χ0n) is 33.5. The molecule has 5 heterocycles. The van der Waals surface area contributed by atoms with E-state index in [1.54, 1.807) is 0 Å². The first-order chi connectivity index (χ1) is 29.7. The predicted molar refractivity (Wildman–Crippen MR) is 246 cm³/mol. The van der Waals surface area contributed by atoms with Gasteiger partial charge in [-0.1, -0.05) is 121 Å². The maximum atomic E-state index is 5.27. The average molecular weight is 776 g/mol. The Hall–Kier alpha value is -6.85. The monoisotopic (exact) mass is 775 g/mol. The van der Waals surface area contributed by atoms with Gasteiger partial charge in [0.15, 0.2) is 0 Å². The highest BCUT2D eigenvalue weighted by Crippen LogP contribution is 2.48. The minimum Gasteiger partial charge on any atom is -0.260 e. The molecule has 0 radical (unpaired) electrons. The SMILES string of the molecule is c1ccc2cc(C3CC(c4cc5ccccc5cn4)CC(c4cc5ccccc5cn4)CC(c4cc5ccccc5cn4)CC(c4cc5ccccc5cn4)C3)ncc2c1. The minimum absolute atomic E-state index is 0.139. The first-order valence-electron chi connectivity index (χ1n) is 21.4. The second-order valence-electron chi connectivity index (χ2n) is 16.9. The Bertz CT molecular complexity index is 2650. The summed E-state index contributed by atoms with van der Waals surface area (Å²) < 4.78 is 0. The van der Waals surface area contributed by atoms with Gasteiger partial charge in [-0.15, -0.1) is 0 Å². The molecule has 1 fully saturated rings. The van der Waals surface area contributed by atoms with Gasteiger partial charge < -0.3 is 0 Å². The lowest BCUT2D eigenvalue weighted by atomic mass is 9.71. The molecule has 290 valence electrons. The third kappa shape index (κ3) is 7.26. The molecule has 10 aromatic rings. The largest absolute Gasteiger partial charge is 0.260 e. The van der Waals surface area contributed by atoms with Crippen molar-refractivity contribution >= 4 is 53.9 Å². The Morgan fingerprint density at radius 1 is 0.233 bits per heavy atom. The normalized spacial score (nSPS) is 20.2. The second-order valence-corrected chi connectivity index (χ2v) is 16.9. The van der Waals surface area contributed by atoms with Crippen molar-refractivity contribution in [3.05, 3.63) is 211 Å². The predicted octanol–water partition coefficient (Wildman–Crippen LogP) is 13.6. The number of rotatable bonds is 5. The van der Waals surface area contributed by atoms with Crippen LogP contribution >= 0.6 is 0 Å². The summed E-state index contributed by atoms with van der Waals surface area (Å²) in [6, 6.07) is 54.7. The van der Waals surface area contributed by atoms with E-state index in [-0.39, 0.29) is 29.6 Å². The lowest BCUT2D eigenvalue weighted by Crippen LogP contribution is -2.21. The highest BCUT2D eigenvalue weighted by atomic mass is 14.7. The zero-order chi connectivity index (χ0) is 39.8. The number of pyridine rings is 5. The molecule has 0 amide bonds. The van der Waals surface area contributed by atoms with Crippen molar-refractivity contribution in [1.29, 1.82) is 0 Å². The van der Waals surface area contributed by atoms with E-state index in [4.69, 9.17) is 24.9 Å². The summed E-state index contributed by atoms with van der Waals surface area (Å²) in [5, 5.41) is 11.9. The topological polar surface area (TPSA) is 64.5 Å². The minimum atomic E-state index is 0.139. The summed E-state index contributed by atoms with van der Waals surface area (Å²) in [7, 11) is 0. The number of fused-ring (bicyclic) bond motifs is 5. The maximum Gasteiger partial charge on any atom is 0.0441 e. The van der Waals surface area contributed by atoms with E-state index in [0.717, 1.165) is 87.5 Å². The number of benzene rings is 5. The summed E-state index contributed by atoms with van der Waals surface area (Å²) in [4.78, 5) is 26.4. The third-order valence-electron chi connectivity index (χ3n) is 13.2. The van der Waals surface area contributed by atoms with Crippen LogP contribution in [0.1, 0.15) is 90.2 Å². The average Bonchev–Trinajstić information content (AvgIpc) is 3.31.